The molecule has 0 radical (unpaired) electrons. The van der Waals surface area contributed by atoms with E-state index in [0.29, 0.717) is 21.5 Å². The average molecular weight is 266 g/mol. The molecule has 3 N–H and O–H groups in total. The first kappa shape index (κ1) is 12.2. The Hall–Kier alpha value is -2.27. The van der Waals surface area contributed by atoms with Crippen LogP contribution in [0, 0.1) is 0 Å². The van der Waals surface area contributed by atoms with Crippen LogP contribution in [0.3, 0.4) is 0 Å². The van der Waals surface area contributed by atoms with Crippen LogP contribution in [0.5, 0.6) is 0 Å². The fraction of sp³-hybridized carbons (Fsp3) is 0. The zero-order valence-electron chi connectivity index (χ0n) is 8.98. The van der Waals surface area contributed by atoms with Crippen LogP contribution in [-0.4, -0.2) is 27.1 Å². The van der Waals surface area contributed by atoms with Crippen molar-refractivity contribution in [2.75, 3.05) is 0 Å². The summed E-state index contributed by atoms with van der Waals surface area (Å²) < 4.78 is 0. The first-order valence-electron chi connectivity index (χ1n) is 4.95. The highest BCUT2D eigenvalue weighted by Gasteiger charge is 2.16. The Morgan fingerprint density at radius 1 is 1.28 bits per heavy atom. The molecule has 2 aromatic rings. The molecule has 0 unspecified atom stereocenters. The molecule has 0 aliphatic heterocycles. The van der Waals surface area contributed by atoms with Gasteiger partial charge in [-0.05, 0) is 12.1 Å². The van der Waals surface area contributed by atoms with E-state index in [4.69, 9.17) is 21.8 Å². The maximum atomic E-state index is 11.1. The molecule has 5 nitrogen and oxygen atoms in total. The summed E-state index contributed by atoms with van der Waals surface area (Å²) in [5, 5.41) is 18.6. The van der Waals surface area contributed by atoms with Crippen LogP contribution in [0.1, 0.15) is 16.1 Å². The maximum absolute atomic E-state index is 11.1. The van der Waals surface area contributed by atoms with Crippen LogP contribution in [0.15, 0.2) is 24.3 Å². The zero-order valence-corrected chi connectivity index (χ0v) is 9.73. The summed E-state index contributed by atoms with van der Waals surface area (Å²) >= 11 is 5.95. The lowest BCUT2D eigenvalue weighted by Gasteiger charge is -1.94. The summed E-state index contributed by atoms with van der Waals surface area (Å²) in [4.78, 5) is 24.3. The second-order valence-corrected chi connectivity index (χ2v) is 3.96. The third-order valence-corrected chi connectivity index (χ3v) is 2.74. The van der Waals surface area contributed by atoms with E-state index in [-0.39, 0.29) is 5.69 Å². The summed E-state index contributed by atoms with van der Waals surface area (Å²) in [7, 11) is 0. The Morgan fingerprint density at radius 2 is 2.00 bits per heavy atom. The van der Waals surface area contributed by atoms with Crippen molar-refractivity contribution in [2.24, 2.45) is 0 Å². The van der Waals surface area contributed by atoms with Crippen LogP contribution in [-0.2, 0) is 4.79 Å². The van der Waals surface area contributed by atoms with Gasteiger partial charge in [0.2, 0.25) is 0 Å². The lowest BCUT2D eigenvalue weighted by atomic mass is 10.1. The highest BCUT2D eigenvalue weighted by Crippen LogP contribution is 2.29. The van der Waals surface area contributed by atoms with E-state index in [1.165, 1.54) is 6.08 Å². The van der Waals surface area contributed by atoms with E-state index in [0.717, 1.165) is 6.08 Å². The molecule has 0 atom stereocenters. The van der Waals surface area contributed by atoms with Gasteiger partial charge in [-0.3, -0.25) is 0 Å². The Balaban J connectivity index is 2.75. The third-order valence-electron chi connectivity index (χ3n) is 2.43. The minimum Gasteiger partial charge on any atom is -0.478 e. The number of aromatic carboxylic acids is 1. The standard InChI is InChI=1S/C12H8ClNO4/c13-8-3-1-2-6-7(4-5-9(15)16)11(12(17)18)14-10(6)8/h1-5,14H,(H,15,16)(H,17,18)/b5-4-. The second kappa shape index (κ2) is 4.54. The Bertz CT molecular complexity index is 672. The smallest absolute Gasteiger partial charge is 0.352 e. The van der Waals surface area contributed by atoms with Gasteiger partial charge in [0, 0.05) is 17.0 Å². The molecule has 0 aliphatic carbocycles. The van der Waals surface area contributed by atoms with E-state index in [1.54, 1.807) is 18.2 Å². The molecule has 0 bridgehead atoms. The number of halogens is 1. The van der Waals surface area contributed by atoms with Crippen molar-refractivity contribution in [3.05, 3.63) is 40.6 Å². The van der Waals surface area contributed by atoms with E-state index < -0.39 is 11.9 Å². The molecule has 18 heavy (non-hydrogen) atoms. The number of hydrogen-bond donors (Lipinski definition) is 3. The highest BCUT2D eigenvalue weighted by molar-refractivity contribution is 6.35. The number of hydrogen-bond acceptors (Lipinski definition) is 2. The molecule has 0 fully saturated rings. The Labute approximate surface area is 106 Å². The van der Waals surface area contributed by atoms with E-state index in [2.05, 4.69) is 4.98 Å². The predicted octanol–water partition coefficient (Wildman–Crippen LogP) is 2.62. The van der Waals surface area contributed by atoms with Crippen LogP contribution >= 0.6 is 11.6 Å². The number of carboxylic acid groups (broad SMARTS) is 2. The number of carbonyl (C=O) groups is 2. The lowest BCUT2D eigenvalue weighted by molar-refractivity contribution is -0.131. The van der Waals surface area contributed by atoms with E-state index in [1.807, 2.05) is 0 Å². The lowest BCUT2D eigenvalue weighted by Crippen LogP contribution is -1.98. The molecule has 0 aliphatic rings. The quantitative estimate of drug-likeness (QED) is 0.744. The molecule has 1 aromatic carbocycles. The first-order valence-corrected chi connectivity index (χ1v) is 5.33. The normalized spacial score (nSPS) is 11.2. The van der Waals surface area contributed by atoms with Gasteiger partial charge in [-0.1, -0.05) is 23.7 Å². The molecule has 2 rings (SSSR count). The molecule has 92 valence electrons. The Kier molecular flexibility index (Phi) is 3.08. The van der Waals surface area contributed by atoms with Crippen LogP contribution < -0.4 is 0 Å². The van der Waals surface area contributed by atoms with Gasteiger partial charge in [0.05, 0.1) is 10.5 Å². The molecular formula is C12H8ClNO4. The number of aromatic nitrogens is 1. The molecule has 0 saturated heterocycles. The van der Waals surface area contributed by atoms with Gasteiger partial charge in [0.15, 0.2) is 0 Å². The van der Waals surface area contributed by atoms with Crippen molar-refractivity contribution in [2.45, 2.75) is 0 Å². The molecule has 1 heterocycles. The highest BCUT2D eigenvalue weighted by atomic mass is 35.5. The molecular weight excluding hydrogens is 258 g/mol. The Morgan fingerprint density at radius 3 is 2.61 bits per heavy atom. The van der Waals surface area contributed by atoms with Gasteiger partial charge in [-0.15, -0.1) is 0 Å². The minimum absolute atomic E-state index is 0.0874. The van der Waals surface area contributed by atoms with E-state index >= 15 is 0 Å². The zero-order chi connectivity index (χ0) is 13.3. The molecule has 0 saturated carbocycles. The van der Waals surface area contributed by atoms with Gasteiger partial charge in [0.1, 0.15) is 5.69 Å². The van der Waals surface area contributed by atoms with Crippen molar-refractivity contribution in [3.63, 3.8) is 0 Å². The largest absolute Gasteiger partial charge is 0.478 e. The number of para-hydroxylation sites is 1. The number of H-pyrrole nitrogens is 1. The maximum Gasteiger partial charge on any atom is 0.352 e. The number of fused-ring (bicyclic) bond motifs is 1. The first-order chi connectivity index (χ1) is 8.50. The molecule has 1 aromatic heterocycles. The van der Waals surface area contributed by atoms with Crippen molar-refractivity contribution in [1.29, 1.82) is 0 Å². The van der Waals surface area contributed by atoms with Gasteiger partial charge >= 0.3 is 11.9 Å². The van der Waals surface area contributed by atoms with Crippen molar-refractivity contribution >= 4 is 40.5 Å². The van der Waals surface area contributed by atoms with Crippen LogP contribution in [0.2, 0.25) is 5.02 Å². The minimum atomic E-state index is -1.17. The van der Waals surface area contributed by atoms with Crippen molar-refractivity contribution in [1.82, 2.24) is 4.98 Å². The summed E-state index contributed by atoms with van der Waals surface area (Å²) in [5.74, 6) is -2.32. The summed E-state index contributed by atoms with van der Waals surface area (Å²) in [6, 6.07) is 4.96. The number of aromatic amines is 1. The SMILES string of the molecule is O=C(O)/C=C\c1c(C(=O)O)[nH]c2c(Cl)cccc12. The predicted molar refractivity (Wildman–Crippen MR) is 66.9 cm³/mol. The van der Waals surface area contributed by atoms with Crippen molar-refractivity contribution < 1.29 is 19.8 Å². The fourth-order valence-corrected chi connectivity index (χ4v) is 1.92. The molecule has 0 spiro atoms. The number of benzene rings is 1. The van der Waals surface area contributed by atoms with Gasteiger partial charge in [0.25, 0.3) is 0 Å². The molecule has 0 amide bonds. The van der Waals surface area contributed by atoms with Crippen LogP contribution in [0.4, 0.5) is 0 Å². The van der Waals surface area contributed by atoms with Crippen LogP contribution in [0.25, 0.3) is 17.0 Å². The second-order valence-electron chi connectivity index (χ2n) is 3.55. The summed E-state index contributed by atoms with van der Waals surface area (Å²) in [6.45, 7) is 0. The van der Waals surface area contributed by atoms with Gasteiger partial charge in [-0.2, -0.15) is 0 Å². The number of aliphatic carboxylic acids is 1. The topological polar surface area (TPSA) is 90.4 Å². The fourth-order valence-electron chi connectivity index (χ4n) is 1.70. The summed E-state index contributed by atoms with van der Waals surface area (Å²) in [6.07, 6.45) is 2.12. The monoisotopic (exact) mass is 265 g/mol. The molecule has 6 heteroatoms. The number of carboxylic acids is 2. The summed E-state index contributed by atoms with van der Waals surface area (Å²) in [5.41, 5.74) is 0.680. The van der Waals surface area contributed by atoms with Gasteiger partial charge in [-0.25, -0.2) is 9.59 Å². The van der Waals surface area contributed by atoms with Gasteiger partial charge < -0.3 is 15.2 Å². The van der Waals surface area contributed by atoms with E-state index in [9.17, 15) is 9.59 Å². The average Bonchev–Trinajstić information content (AvgIpc) is 2.66. The third kappa shape index (κ3) is 2.08. The number of rotatable bonds is 3. The van der Waals surface area contributed by atoms with Crippen molar-refractivity contribution in [3.8, 4) is 0 Å². The number of nitrogens with one attached hydrogen (secondary N) is 1.